The number of fused-ring (bicyclic) bond motifs is 1. The molecule has 2 heteroatoms. The number of hydrogen-bond donors (Lipinski definition) is 1. The first kappa shape index (κ1) is 8.73. The summed E-state index contributed by atoms with van der Waals surface area (Å²) in [6.07, 6.45) is 0. The molecule has 13 heavy (non-hydrogen) atoms. The van der Waals surface area contributed by atoms with Crippen molar-refractivity contribution in [3.05, 3.63) is 34.9 Å². The summed E-state index contributed by atoms with van der Waals surface area (Å²) < 4.78 is 0. The third kappa shape index (κ3) is 1.60. The van der Waals surface area contributed by atoms with Gasteiger partial charge in [0.1, 0.15) is 0 Å². The summed E-state index contributed by atoms with van der Waals surface area (Å²) in [7, 11) is 2.11. The molecular formula is C11H16N2. The summed E-state index contributed by atoms with van der Waals surface area (Å²) in [4.78, 5) is 2.27. The number of nitrogens with zero attached hydrogens (tertiary/aromatic N) is 1. The lowest BCUT2D eigenvalue weighted by atomic mass is 9.95. The lowest BCUT2D eigenvalue weighted by Crippen LogP contribution is -2.34. The molecule has 1 aromatic rings. The van der Waals surface area contributed by atoms with E-state index in [2.05, 4.69) is 37.1 Å². The van der Waals surface area contributed by atoms with Gasteiger partial charge >= 0.3 is 0 Å². The van der Waals surface area contributed by atoms with Gasteiger partial charge in [-0.1, -0.05) is 23.8 Å². The predicted molar refractivity (Wildman–Crippen MR) is 54.4 cm³/mol. The first-order valence-corrected chi connectivity index (χ1v) is 4.70. The molecule has 0 amide bonds. The minimum atomic E-state index is 0.189. The van der Waals surface area contributed by atoms with E-state index in [1.54, 1.807) is 0 Å². The minimum Gasteiger partial charge on any atom is -0.323 e. The highest BCUT2D eigenvalue weighted by molar-refractivity contribution is 5.35. The molecule has 0 aromatic heterocycles. The zero-order valence-corrected chi connectivity index (χ0v) is 8.25. The number of nitrogens with two attached hydrogens (primary N) is 1. The Morgan fingerprint density at radius 2 is 2.23 bits per heavy atom. The molecule has 0 aliphatic carbocycles. The Morgan fingerprint density at radius 3 is 3.00 bits per heavy atom. The Bertz CT molecular complexity index is 320. The zero-order valence-electron chi connectivity index (χ0n) is 8.25. The Hall–Kier alpha value is -0.860. The first-order valence-electron chi connectivity index (χ1n) is 4.70. The summed E-state index contributed by atoms with van der Waals surface area (Å²) in [5.41, 5.74) is 10.1. The van der Waals surface area contributed by atoms with Crippen LogP contribution in [0.15, 0.2) is 18.2 Å². The smallest absolute Gasteiger partial charge is 0.0427 e. The molecule has 2 nitrogen and oxygen atoms in total. The normalized spacial score (nSPS) is 22.8. The van der Waals surface area contributed by atoms with Gasteiger partial charge in [0, 0.05) is 19.1 Å². The summed E-state index contributed by atoms with van der Waals surface area (Å²) in [6.45, 7) is 4.12. The third-order valence-corrected chi connectivity index (χ3v) is 2.65. The highest BCUT2D eigenvalue weighted by Gasteiger charge is 2.19. The van der Waals surface area contributed by atoms with E-state index in [1.165, 1.54) is 16.7 Å². The van der Waals surface area contributed by atoms with Crippen molar-refractivity contribution in [2.24, 2.45) is 5.73 Å². The van der Waals surface area contributed by atoms with Crippen LogP contribution >= 0.6 is 0 Å². The van der Waals surface area contributed by atoms with Crippen molar-refractivity contribution in [2.45, 2.75) is 19.5 Å². The molecule has 2 N–H and O–H groups in total. The molecule has 0 fully saturated rings. The van der Waals surface area contributed by atoms with Crippen LogP contribution in [0.1, 0.15) is 22.7 Å². The fourth-order valence-electron chi connectivity index (χ4n) is 1.99. The van der Waals surface area contributed by atoms with Crippen LogP contribution in [0.4, 0.5) is 0 Å². The Balaban J connectivity index is 2.43. The van der Waals surface area contributed by atoms with Crippen LogP contribution in [0.3, 0.4) is 0 Å². The molecule has 0 bridgehead atoms. The maximum absolute atomic E-state index is 6.06. The van der Waals surface area contributed by atoms with Crippen LogP contribution in [-0.4, -0.2) is 18.5 Å². The fourth-order valence-corrected chi connectivity index (χ4v) is 1.99. The maximum Gasteiger partial charge on any atom is 0.0427 e. The standard InChI is InChI=1S/C11H16N2/c1-8-3-4-9-6-13(2)7-11(12)10(9)5-8/h3-5,11H,6-7,12H2,1-2H3. The van der Waals surface area contributed by atoms with Gasteiger partial charge in [-0.3, -0.25) is 0 Å². The summed E-state index contributed by atoms with van der Waals surface area (Å²) in [5, 5.41) is 0. The number of benzene rings is 1. The second-order valence-corrected chi connectivity index (χ2v) is 4.01. The highest BCUT2D eigenvalue weighted by Crippen LogP contribution is 2.24. The highest BCUT2D eigenvalue weighted by atomic mass is 15.1. The topological polar surface area (TPSA) is 29.3 Å². The van der Waals surface area contributed by atoms with Crippen molar-refractivity contribution >= 4 is 0 Å². The van der Waals surface area contributed by atoms with Crippen molar-refractivity contribution in [3.63, 3.8) is 0 Å². The SMILES string of the molecule is Cc1ccc2c(c1)C(N)CN(C)C2. The minimum absolute atomic E-state index is 0.189. The van der Waals surface area contributed by atoms with E-state index in [0.29, 0.717) is 0 Å². The predicted octanol–water partition coefficient (Wildman–Crippen LogP) is 1.44. The van der Waals surface area contributed by atoms with Crippen molar-refractivity contribution < 1.29 is 0 Å². The number of hydrogen-bond acceptors (Lipinski definition) is 2. The van der Waals surface area contributed by atoms with E-state index in [1.807, 2.05) is 0 Å². The Kier molecular flexibility index (Phi) is 2.10. The van der Waals surface area contributed by atoms with Gasteiger partial charge in [0.05, 0.1) is 0 Å². The molecule has 70 valence electrons. The van der Waals surface area contributed by atoms with Crippen LogP contribution in [-0.2, 0) is 6.54 Å². The van der Waals surface area contributed by atoms with E-state index in [4.69, 9.17) is 5.73 Å². The van der Waals surface area contributed by atoms with Crippen LogP contribution in [0.5, 0.6) is 0 Å². The Labute approximate surface area is 79.4 Å². The van der Waals surface area contributed by atoms with Gasteiger partial charge in [0.25, 0.3) is 0 Å². The summed E-state index contributed by atoms with van der Waals surface area (Å²) in [6, 6.07) is 6.76. The molecule has 1 aromatic carbocycles. The van der Waals surface area contributed by atoms with E-state index in [-0.39, 0.29) is 6.04 Å². The molecule has 2 rings (SSSR count). The summed E-state index contributed by atoms with van der Waals surface area (Å²) in [5.74, 6) is 0. The number of aryl methyl sites for hydroxylation is 1. The molecule has 0 spiro atoms. The molecule has 0 saturated heterocycles. The fraction of sp³-hybridized carbons (Fsp3) is 0.455. The molecule has 1 heterocycles. The van der Waals surface area contributed by atoms with E-state index < -0.39 is 0 Å². The van der Waals surface area contributed by atoms with E-state index >= 15 is 0 Å². The van der Waals surface area contributed by atoms with E-state index in [9.17, 15) is 0 Å². The van der Waals surface area contributed by atoms with Gasteiger partial charge in [-0.15, -0.1) is 0 Å². The van der Waals surface area contributed by atoms with Gasteiger partial charge < -0.3 is 10.6 Å². The lowest BCUT2D eigenvalue weighted by molar-refractivity contribution is 0.283. The second-order valence-electron chi connectivity index (χ2n) is 4.01. The van der Waals surface area contributed by atoms with Crippen LogP contribution in [0, 0.1) is 6.92 Å². The van der Waals surface area contributed by atoms with E-state index in [0.717, 1.165) is 13.1 Å². The van der Waals surface area contributed by atoms with Crippen molar-refractivity contribution in [1.82, 2.24) is 4.90 Å². The average molecular weight is 176 g/mol. The monoisotopic (exact) mass is 176 g/mol. The lowest BCUT2D eigenvalue weighted by Gasteiger charge is -2.30. The zero-order chi connectivity index (χ0) is 9.42. The largest absolute Gasteiger partial charge is 0.323 e. The van der Waals surface area contributed by atoms with Gasteiger partial charge in [0.2, 0.25) is 0 Å². The van der Waals surface area contributed by atoms with Gasteiger partial charge in [-0.2, -0.15) is 0 Å². The molecular weight excluding hydrogens is 160 g/mol. The van der Waals surface area contributed by atoms with Crippen molar-refractivity contribution in [1.29, 1.82) is 0 Å². The molecule has 0 saturated carbocycles. The first-order chi connectivity index (χ1) is 6.16. The molecule has 1 atom stereocenters. The molecule has 0 radical (unpaired) electrons. The van der Waals surface area contributed by atoms with Crippen LogP contribution in [0.2, 0.25) is 0 Å². The summed E-state index contributed by atoms with van der Waals surface area (Å²) >= 11 is 0. The average Bonchev–Trinajstić information content (AvgIpc) is 2.06. The number of likely N-dealkylation sites (N-methyl/N-ethyl adjacent to an activating group) is 1. The molecule has 1 unspecified atom stereocenters. The van der Waals surface area contributed by atoms with Crippen LogP contribution < -0.4 is 5.73 Å². The van der Waals surface area contributed by atoms with Gasteiger partial charge in [-0.25, -0.2) is 0 Å². The van der Waals surface area contributed by atoms with Crippen LogP contribution in [0.25, 0.3) is 0 Å². The van der Waals surface area contributed by atoms with Crippen molar-refractivity contribution in [2.75, 3.05) is 13.6 Å². The van der Waals surface area contributed by atoms with Crippen molar-refractivity contribution in [3.8, 4) is 0 Å². The molecule has 1 aliphatic rings. The van der Waals surface area contributed by atoms with Gasteiger partial charge in [-0.05, 0) is 25.1 Å². The maximum atomic E-state index is 6.06. The quantitative estimate of drug-likeness (QED) is 0.648. The molecule has 1 aliphatic heterocycles. The second kappa shape index (κ2) is 3.13. The Morgan fingerprint density at radius 1 is 1.46 bits per heavy atom. The number of rotatable bonds is 0. The third-order valence-electron chi connectivity index (χ3n) is 2.65. The van der Waals surface area contributed by atoms with Gasteiger partial charge in [0.15, 0.2) is 0 Å².